The Kier molecular flexibility index (Phi) is 7.51. The first kappa shape index (κ1) is 23.8. The van der Waals surface area contributed by atoms with E-state index in [-0.39, 0.29) is 20.6 Å². The summed E-state index contributed by atoms with van der Waals surface area (Å²) < 4.78 is 28.9. The van der Waals surface area contributed by atoms with Crippen LogP contribution >= 0.6 is 45.8 Å². The number of nitrogens with zero attached hydrogens (tertiary/aromatic N) is 1. The quantitative estimate of drug-likeness (QED) is 0.357. The Balaban J connectivity index is 1.99. The second-order valence-corrected chi connectivity index (χ2v) is 10.9. The van der Waals surface area contributed by atoms with Crippen molar-refractivity contribution in [2.24, 2.45) is 0 Å². The summed E-state index contributed by atoms with van der Waals surface area (Å²) in [6.07, 6.45) is 0. The monoisotopic (exact) mass is 588 g/mol. The normalized spacial score (nSPS) is 11.3. The summed E-state index contributed by atoms with van der Waals surface area (Å²) in [5.41, 5.74) is 2.61. The van der Waals surface area contributed by atoms with Gasteiger partial charge < -0.3 is 5.32 Å². The van der Waals surface area contributed by atoms with E-state index in [2.05, 4.69) is 27.9 Å². The fourth-order valence-corrected chi connectivity index (χ4v) is 5.49. The molecule has 0 saturated heterocycles. The number of hydrogen-bond acceptors (Lipinski definition) is 3. The Morgan fingerprint density at radius 1 is 0.968 bits per heavy atom. The maximum atomic E-state index is 13.4. The molecular formula is C22H19Cl2IN2O3S. The molecule has 0 aliphatic rings. The van der Waals surface area contributed by atoms with Crippen molar-refractivity contribution in [3.05, 3.63) is 85.4 Å². The zero-order valence-electron chi connectivity index (χ0n) is 16.7. The molecule has 1 amide bonds. The van der Waals surface area contributed by atoms with E-state index in [4.69, 9.17) is 23.2 Å². The molecule has 0 aliphatic carbocycles. The average Bonchev–Trinajstić information content (AvgIpc) is 2.68. The van der Waals surface area contributed by atoms with Gasteiger partial charge in [0.25, 0.3) is 10.0 Å². The van der Waals surface area contributed by atoms with Crippen molar-refractivity contribution in [1.29, 1.82) is 0 Å². The second-order valence-electron chi connectivity index (χ2n) is 6.96. The van der Waals surface area contributed by atoms with Crippen LogP contribution in [0.15, 0.2) is 65.6 Å². The molecule has 31 heavy (non-hydrogen) atoms. The molecule has 9 heteroatoms. The minimum atomic E-state index is -4.05. The number of carbonyl (C=O) groups excluding carboxylic acids is 1. The fourth-order valence-electron chi connectivity index (χ4n) is 2.92. The molecule has 0 unspecified atom stereocenters. The molecule has 0 spiro atoms. The summed E-state index contributed by atoms with van der Waals surface area (Å²) in [6, 6.07) is 16.4. The van der Waals surface area contributed by atoms with Gasteiger partial charge in [-0.15, -0.1) is 0 Å². The van der Waals surface area contributed by atoms with Crippen LogP contribution < -0.4 is 9.62 Å². The molecule has 1 N–H and O–H groups in total. The molecule has 3 aromatic carbocycles. The summed E-state index contributed by atoms with van der Waals surface area (Å²) in [4.78, 5) is 12.9. The minimum absolute atomic E-state index is 0.0624. The third kappa shape index (κ3) is 5.91. The van der Waals surface area contributed by atoms with E-state index in [0.29, 0.717) is 5.69 Å². The molecule has 0 saturated carbocycles. The summed E-state index contributed by atoms with van der Waals surface area (Å²) in [6.45, 7) is 3.29. The number of anilines is 2. The van der Waals surface area contributed by atoms with Gasteiger partial charge >= 0.3 is 0 Å². The highest BCUT2D eigenvalue weighted by molar-refractivity contribution is 14.1. The number of carbonyl (C=O) groups is 1. The molecule has 3 rings (SSSR count). The molecule has 0 bridgehead atoms. The number of rotatable bonds is 6. The lowest BCUT2D eigenvalue weighted by atomic mass is 10.2. The van der Waals surface area contributed by atoms with Crippen molar-refractivity contribution in [3.8, 4) is 0 Å². The van der Waals surface area contributed by atoms with Gasteiger partial charge in [-0.1, -0.05) is 40.9 Å². The van der Waals surface area contributed by atoms with Crippen LogP contribution in [0, 0.1) is 17.4 Å². The highest BCUT2D eigenvalue weighted by Gasteiger charge is 2.28. The molecule has 5 nitrogen and oxygen atoms in total. The van der Waals surface area contributed by atoms with Gasteiger partial charge in [0.2, 0.25) is 5.91 Å². The first-order valence-corrected chi connectivity index (χ1v) is 12.5. The molecule has 0 fully saturated rings. The zero-order valence-corrected chi connectivity index (χ0v) is 21.2. The lowest BCUT2D eigenvalue weighted by molar-refractivity contribution is -0.114. The van der Waals surface area contributed by atoms with Gasteiger partial charge in [-0.3, -0.25) is 9.10 Å². The van der Waals surface area contributed by atoms with Gasteiger partial charge in [0.05, 0.1) is 10.6 Å². The van der Waals surface area contributed by atoms with Crippen LogP contribution in [0.2, 0.25) is 10.0 Å². The van der Waals surface area contributed by atoms with Crippen LogP contribution in [0.25, 0.3) is 0 Å². The lowest BCUT2D eigenvalue weighted by Crippen LogP contribution is -2.38. The lowest BCUT2D eigenvalue weighted by Gasteiger charge is -2.25. The summed E-state index contributed by atoms with van der Waals surface area (Å²) in [5, 5.41) is 3.31. The zero-order chi connectivity index (χ0) is 22.8. The number of nitrogens with one attached hydrogen (secondary N) is 1. The third-order valence-corrected chi connectivity index (χ3v) is 7.39. The molecular weight excluding hydrogens is 570 g/mol. The Morgan fingerprint density at radius 2 is 1.58 bits per heavy atom. The Morgan fingerprint density at radius 3 is 2.16 bits per heavy atom. The van der Waals surface area contributed by atoms with E-state index in [9.17, 15) is 13.2 Å². The minimum Gasteiger partial charge on any atom is -0.324 e. The molecule has 3 aromatic rings. The van der Waals surface area contributed by atoms with Crippen molar-refractivity contribution in [1.82, 2.24) is 0 Å². The SMILES string of the molecule is Cc1ccc(S(=O)(=O)N(CC(=O)Nc2ccc(I)cc2C)c2cc(Cl)cc(Cl)c2)cc1. The van der Waals surface area contributed by atoms with Crippen LogP contribution in [0.3, 0.4) is 0 Å². The molecule has 0 atom stereocenters. The first-order chi connectivity index (χ1) is 14.6. The molecule has 0 radical (unpaired) electrons. The number of halogens is 3. The van der Waals surface area contributed by atoms with Gasteiger partial charge in [0.1, 0.15) is 6.54 Å². The number of hydrogen-bond donors (Lipinski definition) is 1. The highest BCUT2D eigenvalue weighted by Crippen LogP contribution is 2.30. The third-order valence-electron chi connectivity index (χ3n) is 4.49. The van der Waals surface area contributed by atoms with Gasteiger partial charge in [-0.25, -0.2) is 8.42 Å². The smallest absolute Gasteiger partial charge is 0.264 e. The Hall–Kier alpha value is -1.81. The molecule has 0 heterocycles. The van der Waals surface area contributed by atoms with Crippen LogP contribution in [0.1, 0.15) is 11.1 Å². The first-order valence-electron chi connectivity index (χ1n) is 9.18. The topological polar surface area (TPSA) is 66.5 Å². The number of benzene rings is 3. The van der Waals surface area contributed by atoms with Crippen LogP contribution in [-0.4, -0.2) is 20.9 Å². The number of aryl methyl sites for hydroxylation is 2. The van der Waals surface area contributed by atoms with Crippen molar-refractivity contribution < 1.29 is 13.2 Å². The largest absolute Gasteiger partial charge is 0.324 e. The van der Waals surface area contributed by atoms with Crippen molar-refractivity contribution in [3.63, 3.8) is 0 Å². The summed E-state index contributed by atoms with van der Waals surface area (Å²) >= 11 is 14.4. The average molecular weight is 589 g/mol. The van der Waals surface area contributed by atoms with Crippen LogP contribution in [0.5, 0.6) is 0 Å². The van der Waals surface area contributed by atoms with Gasteiger partial charge in [0, 0.05) is 19.3 Å². The van der Waals surface area contributed by atoms with E-state index in [1.807, 2.05) is 26.0 Å². The summed E-state index contributed by atoms with van der Waals surface area (Å²) in [7, 11) is -4.05. The Labute approximate surface area is 205 Å². The van der Waals surface area contributed by atoms with E-state index >= 15 is 0 Å². The number of sulfonamides is 1. The van der Waals surface area contributed by atoms with E-state index in [1.54, 1.807) is 18.2 Å². The van der Waals surface area contributed by atoms with Crippen molar-refractivity contribution in [2.45, 2.75) is 18.7 Å². The predicted octanol–water partition coefficient (Wildman–Crippen LogP) is 6.05. The van der Waals surface area contributed by atoms with Gasteiger partial charge in [0.15, 0.2) is 0 Å². The Bertz CT molecular complexity index is 1210. The second kappa shape index (κ2) is 9.77. The highest BCUT2D eigenvalue weighted by atomic mass is 127. The standard InChI is InChI=1S/C22H19Cl2IN2O3S/c1-14-3-6-20(7-4-14)31(29,30)27(19-11-16(23)10-17(24)12-19)13-22(28)26-21-8-5-18(25)9-15(21)2/h3-12H,13H2,1-2H3,(H,26,28). The van der Waals surface area contributed by atoms with Crippen molar-refractivity contribution >= 4 is 73.1 Å². The van der Waals surface area contributed by atoms with E-state index < -0.39 is 22.5 Å². The van der Waals surface area contributed by atoms with E-state index in [1.165, 1.54) is 30.3 Å². The van der Waals surface area contributed by atoms with Crippen molar-refractivity contribution in [2.75, 3.05) is 16.2 Å². The maximum absolute atomic E-state index is 13.4. The summed E-state index contributed by atoms with van der Waals surface area (Å²) in [5.74, 6) is -0.490. The molecule has 0 aromatic heterocycles. The maximum Gasteiger partial charge on any atom is 0.264 e. The van der Waals surface area contributed by atoms with Gasteiger partial charge in [-0.05, 0) is 90.5 Å². The van der Waals surface area contributed by atoms with Crippen LogP contribution in [0.4, 0.5) is 11.4 Å². The molecule has 162 valence electrons. The van der Waals surface area contributed by atoms with Crippen LogP contribution in [-0.2, 0) is 14.8 Å². The number of amides is 1. The van der Waals surface area contributed by atoms with E-state index in [0.717, 1.165) is 19.0 Å². The van der Waals surface area contributed by atoms with Gasteiger partial charge in [-0.2, -0.15) is 0 Å². The predicted molar refractivity (Wildman–Crippen MR) is 135 cm³/mol. The molecule has 0 aliphatic heterocycles. The fraction of sp³-hybridized carbons (Fsp3) is 0.136.